The van der Waals surface area contributed by atoms with E-state index in [4.69, 9.17) is 9.16 Å². The van der Waals surface area contributed by atoms with Crippen molar-refractivity contribution in [3.63, 3.8) is 0 Å². The van der Waals surface area contributed by atoms with Gasteiger partial charge in [-0.3, -0.25) is 4.79 Å². The normalized spacial score (nSPS) is 26.8. The highest BCUT2D eigenvalue weighted by atomic mass is 28.4. The van der Waals surface area contributed by atoms with E-state index in [0.717, 1.165) is 0 Å². The van der Waals surface area contributed by atoms with E-state index < -0.39 is 14.6 Å². The first-order valence-electron chi connectivity index (χ1n) is 10.2. The van der Waals surface area contributed by atoms with Crippen LogP contribution in [0.1, 0.15) is 27.2 Å². The molecule has 0 aromatic heterocycles. The summed E-state index contributed by atoms with van der Waals surface area (Å²) >= 11 is 0. The van der Waals surface area contributed by atoms with Gasteiger partial charge >= 0.3 is 5.97 Å². The number of hydrogen-bond acceptors (Lipinski definition) is 4. The van der Waals surface area contributed by atoms with E-state index in [0.29, 0.717) is 6.42 Å². The van der Waals surface area contributed by atoms with Crippen molar-refractivity contribution in [3.05, 3.63) is 72.8 Å². The SMILES string of the molecule is CC(C)(C)[Si](O[C@H]1C=C[C@H]2C(=O)O[C@H](O)[C@H]2C1)(c1ccccc1)c1ccccc1. The van der Waals surface area contributed by atoms with Crippen LogP contribution in [-0.4, -0.2) is 31.8 Å². The fraction of sp³-hybridized carbons (Fsp3) is 0.375. The molecule has 29 heavy (non-hydrogen) atoms. The van der Waals surface area contributed by atoms with Gasteiger partial charge in [-0.1, -0.05) is 93.6 Å². The van der Waals surface area contributed by atoms with Crippen LogP contribution in [0.5, 0.6) is 0 Å². The molecule has 4 nitrogen and oxygen atoms in total. The van der Waals surface area contributed by atoms with Crippen LogP contribution in [0.25, 0.3) is 0 Å². The Kier molecular flexibility index (Phi) is 5.23. The summed E-state index contributed by atoms with van der Waals surface area (Å²) in [6.07, 6.45) is 3.17. The molecule has 2 aromatic carbocycles. The van der Waals surface area contributed by atoms with E-state index in [-0.39, 0.29) is 28.9 Å². The standard InChI is InChI=1S/C24H28O4Si/c1-24(2,3)29(18-10-6-4-7-11-18,19-12-8-5-9-13-19)28-17-14-15-20-21(16-17)23(26)27-22(20)25/h4-15,17,20-21,23,26H,16H2,1-3H3/t17-,20+,21-,23-/m0/s1. The van der Waals surface area contributed by atoms with Crippen molar-refractivity contribution in [2.24, 2.45) is 11.8 Å². The molecule has 0 bridgehead atoms. The number of ether oxygens (including phenoxy) is 1. The van der Waals surface area contributed by atoms with E-state index in [9.17, 15) is 9.90 Å². The van der Waals surface area contributed by atoms with Crippen LogP contribution in [0.2, 0.25) is 5.04 Å². The first-order chi connectivity index (χ1) is 13.8. The number of rotatable bonds is 4. The molecule has 2 aliphatic rings. The first-order valence-corrected chi connectivity index (χ1v) is 12.1. The van der Waals surface area contributed by atoms with Gasteiger partial charge in [-0.15, -0.1) is 0 Å². The van der Waals surface area contributed by atoms with Gasteiger partial charge in [0, 0.05) is 5.92 Å². The molecule has 1 aliphatic heterocycles. The van der Waals surface area contributed by atoms with Crippen molar-refractivity contribution < 1.29 is 19.1 Å². The Hall–Kier alpha value is -2.21. The Labute approximate surface area is 173 Å². The van der Waals surface area contributed by atoms with E-state index in [1.807, 2.05) is 24.3 Å². The lowest BCUT2D eigenvalue weighted by atomic mass is 9.84. The van der Waals surface area contributed by atoms with Crippen molar-refractivity contribution in [3.8, 4) is 0 Å². The summed E-state index contributed by atoms with van der Waals surface area (Å²) in [7, 11) is -2.68. The third kappa shape index (κ3) is 3.48. The summed E-state index contributed by atoms with van der Waals surface area (Å²) < 4.78 is 12.1. The fourth-order valence-electron chi connectivity index (χ4n) is 4.72. The number of hydrogen-bond donors (Lipinski definition) is 1. The lowest BCUT2D eigenvalue weighted by Gasteiger charge is -2.45. The number of cyclic esters (lactones) is 1. The predicted octanol–water partition coefficient (Wildman–Crippen LogP) is 3.00. The average molecular weight is 409 g/mol. The highest BCUT2D eigenvalue weighted by Gasteiger charge is 2.53. The average Bonchev–Trinajstić information content (AvgIpc) is 3.00. The number of benzene rings is 2. The molecular formula is C24H28O4Si. The Morgan fingerprint density at radius 3 is 2.03 bits per heavy atom. The van der Waals surface area contributed by atoms with Gasteiger partial charge in [0.2, 0.25) is 6.29 Å². The number of carbonyl (C=O) groups excluding carboxylic acids is 1. The summed E-state index contributed by atoms with van der Waals surface area (Å²) in [6, 6.07) is 21.0. The van der Waals surface area contributed by atoms with Crippen molar-refractivity contribution in [2.75, 3.05) is 0 Å². The Morgan fingerprint density at radius 1 is 0.966 bits per heavy atom. The number of fused-ring (bicyclic) bond motifs is 1. The second-order valence-electron chi connectivity index (χ2n) is 8.96. The molecule has 1 aliphatic carbocycles. The van der Waals surface area contributed by atoms with Gasteiger partial charge in [-0.05, 0) is 21.8 Å². The topological polar surface area (TPSA) is 55.8 Å². The Morgan fingerprint density at radius 2 is 1.52 bits per heavy atom. The van der Waals surface area contributed by atoms with E-state index in [2.05, 4.69) is 69.3 Å². The molecule has 1 saturated heterocycles. The van der Waals surface area contributed by atoms with Crippen LogP contribution < -0.4 is 10.4 Å². The molecule has 4 rings (SSSR count). The molecule has 5 heteroatoms. The van der Waals surface area contributed by atoms with Crippen LogP contribution in [0, 0.1) is 11.8 Å². The summed E-state index contributed by atoms with van der Waals surface area (Å²) in [5.74, 6) is -0.970. The predicted molar refractivity (Wildman–Crippen MR) is 115 cm³/mol. The van der Waals surface area contributed by atoms with Crippen LogP contribution in [0.15, 0.2) is 72.8 Å². The van der Waals surface area contributed by atoms with Gasteiger partial charge in [-0.25, -0.2) is 0 Å². The van der Waals surface area contributed by atoms with Crippen molar-refractivity contribution in [1.82, 2.24) is 0 Å². The summed E-state index contributed by atoms with van der Waals surface area (Å²) in [5, 5.41) is 12.5. The van der Waals surface area contributed by atoms with Gasteiger partial charge < -0.3 is 14.3 Å². The summed E-state index contributed by atoms with van der Waals surface area (Å²) in [6.45, 7) is 6.73. The van der Waals surface area contributed by atoms with E-state index >= 15 is 0 Å². The molecule has 0 spiro atoms. The minimum atomic E-state index is -2.68. The van der Waals surface area contributed by atoms with Gasteiger partial charge in [-0.2, -0.15) is 0 Å². The van der Waals surface area contributed by atoms with Gasteiger partial charge in [0.1, 0.15) is 0 Å². The summed E-state index contributed by atoms with van der Waals surface area (Å²) in [4.78, 5) is 11.9. The molecule has 4 atom stereocenters. The fourth-order valence-corrected chi connectivity index (χ4v) is 9.36. The van der Waals surface area contributed by atoms with Crippen LogP contribution in [0.3, 0.4) is 0 Å². The van der Waals surface area contributed by atoms with Crippen LogP contribution in [0.4, 0.5) is 0 Å². The van der Waals surface area contributed by atoms with E-state index in [1.54, 1.807) is 0 Å². The first kappa shape index (κ1) is 20.1. The molecule has 1 heterocycles. The quantitative estimate of drug-likeness (QED) is 0.480. The maximum absolute atomic E-state index is 11.9. The largest absolute Gasteiger partial charge is 0.435 e. The Bertz CT molecular complexity index is 849. The monoisotopic (exact) mass is 408 g/mol. The zero-order valence-electron chi connectivity index (χ0n) is 17.1. The maximum Gasteiger partial charge on any atom is 0.315 e. The molecule has 0 unspecified atom stereocenters. The molecule has 0 radical (unpaired) electrons. The minimum Gasteiger partial charge on any atom is -0.435 e. The number of aliphatic hydroxyl groups excluding tert-OH is 1. The lowest BCUT2D eigenvalue weighted by molar-refractivity contribution is -0.156. The smallest absolute Gasteiger partial charge is 0.315 e. The summed E-state index contributed by atoms with van der Waals surface area (Å²) in [5.41, 5.74) is 0. The maximum atomic E-state index is 11.9. The Balaban J connectivity index is 1.79. The third-order valence-electron chi connectivity index (χ3n) is 6.12. The molecule has 1 fully saturated rings. The van der Waals surface area contributed by atoms with Gasteiger partial charge in [0.15, 0.2) is 0 Å². The van der Waals surface area contributed by atoms with Crippen LogP contribution >= 0.6 is 0 Å². The molecular weight excluding hydrogens is 380 g/mol. The third-order valence-corrected chi connectivity index (χ3v) is 11.2. The van der Waals surface area contributed by atoms with Gasteiger partial charge in [0.05, 0.1) is 12.0 Å². The molecule has 2 aromatic rings. The molecule has 152 valence electrons. The van der Waals surface area contributed by atoms with Crippen LogP contribution in [-0.2, 0) is 14.0 Å². The molecule has 1 N–H and O–H groups in total. The highest BCUT2D eigenvalue weighted by molar-refractivity contribution is 6.99. The van der Waals surface area contributed by atoms with Crippen molar-refractivity contribution >= 4 is 24.7 Å². The zero-order valence-corrected chi connectivity index (χ0v) is 18.1. The number of carbonyl (C=O) groups is 1. The minimum absolute atomic E-state index is 0.124. The van der Waals surface area contributed by atoms with Crippen molar-refractivity contribution in [1.29, 1.82) is 0 Å². The molecule has 0 saturated carbocycles. The second-order valence-corrected chi connectivity index (χ2v) is 13.2. The number of esters is 1. The second kappa shape index (κ2) is 7.56. The zero-order chi connectivity index (χ0) is 20.6. The number of aliphatic hydroxyl groups is 1. The van der Waals surface area contributed by atoms with E-state index in [1.165, 1.54) is 10.4 Å². The highest BCUT2D eigenvalue weighted by Crippen LogP contribution is 2.41. The van der Waals surface area contributed by atoms with Crippen molar-refractivity contribution in [2.45, 2.75) is 44.6 Å². The molecule has 0 amide bonds. The lowest BCUT2D eigenvalue weighted by Crippen LogP contribution is -2.67. The van der Waals surface area contributed by atoms with Gasteiger partial charge in [0.25, 0.3) is 8.32 Å².